The van der Waals surface area contributed by atoms with E-state index in [4.69, 9.17) is 42.7 Å². The van der Waals surface area contributed by atoms with Crippen LogP contribution in [0, 0.1) is 11.6 Å². The Bertz CT molecular complexity index is 6700. The fourth-order valence-corrected chi connectivity index (χ4v) is 14.8. The van der Waals surface area contributed by atoms with Gasteiger partial charge in [0.1, 0.15) is 62.9 Å². The zero-order chi connectivity index (χ0) is 84.8. The molecule has 2 aliphatic heterocycles. The van der Waals surface area contributed by atoms with Crippen molar-refractivity contribution >= 4 is 128 Å². The van der Waals surface area contributed by atoms with Crippen molar-refractivity contribution in [3.05, 3.63) is 285 Å². The van der Waals surface area contributed by atoms with Crippen LogP contribution in [0.5, 0.6) is 11.5 Å². The molecular weight excluding hydrogens is 1790 g/mol. The van der Waals surface area contributed by atoms with E-state index in [9.17, 15) is 39.4 Å². The van der Waals surface area contributed by atoms with Crippen LogP contribution in [0.2, 0.25) is 5.02 Å². The highest BCUT2D eigenvalue weighted by Gasteiger charge is 2.25. The van der Waals surface area contributed by atoms with Crippen molar-refractivity contribution in [3.8, 4) is 79.0 Å². The van der Waals surface area contributed by atoms with Gasteiger partial charge in [0, 0.05) is 73.7 Å². The average molecular weight is 1860 g/mol. The molecule has 0 atom stereocenters. The van der Waals surface area contributed by atoms with Crippen LogP contribution >= 0.6 is 59.4 Å². The Balaban J connectivity index is 0.000000109. The summed E-state index contributed by atoms with van der Waals surface area (Å²) in [6.45, 7) is 2.21. The number of ether oxygens (including phenoxy) is 2. The molecule has 12 N–H and O–H groups in total. The first-order chi connectivity index (χ1) is 59.3. The van der Waals surface area contributed by atoms with Gasteiger partial charge in [-0.25, -0.2) is 68.6 Å². The zero-order valence-corrected chi connectivity index (χ0v) is 69.5. The van der Waals surface area contributed by atoms with Gasteiger partial charge in [-0.3, -0.25) is 26.4 Å². The number of aliphatic hydroxyl groups excluding tert-OH is 6. The van der Waals surface area contributed by atoms with E-state index in [1.54, 1.807) is 118 Å². The Morgan fingerprint density at radius 1 is 0.393 bits per heavy atom. The topological polar surface area (TPSA) is 415 Å². The van der Waals surface area contributed by atoms with Crippen LogP contribution in [0.1, 0.15) is 40.6 Å². The Hall–Kier alpha value is -13.3. The summed E-state index contributed by atoms with van der Waals surface area (Å²) < 4.78 is 55.8. The number of aromatic nitrogens is 18. The van der Waals surface area contributed by atoms with Gasteiger partial charge in [0.25, 0.3) is 0 Å². The lowest BCUT2D eigenvalue weighted by Gasteiger charge is -2.31. The SMILES string of the molecule is Nc1cn2c(CO)c(-c3ccc(Br)cc3)nc2cn1.Nc1cn2c(CO)c(-c3ccc(Cl)cc3)nc2cn1.Nc1cn2c(CO)c(-c3ccc(F)cc3)nc2cn1.OCc1c(-c2ccc(F)cc2)nc2cnc(N3CCC3)cn12.OCc1c(-c2ccc3occc3c2)nc2cnc(Br)cn12.OCc1c(-c2cccc3c2OCCO3)nc2cnc(Br)cn12. The van der Waals surface area contributed by atoms with Crippen LogP contribution in [-0.2, 0) is 39.6 Å². The number of fused-ring (bicyclic) bond motifs is 8. The van der Waals surface area contributed by atoms with Crippen LogP contribution in [0.25, 0.3) is 112 Å². The van der Waals surface area contributed by atoms with Crippen LogP contribution in [-0.4, -0.2) is 143 Å². The average Bonchev–Trinajstić information content (AvgIpc) is 1.64. The number of nitrogen functional groups attached to an aromatic ring is 3. The maximum absolute atomic E-state index is 13.1. The molecule has 37 heteroatoms. The first kappa shape index (κ1) is 82.4. The smallest absolute Gasteiger partial charge is 0.170 e. The maximum atomic E-state index is 13.1. The maximum Gasteiger partial charge on any atom is 0.170 e. The largest absolute Gasteiger partial charge is 0.486 e. The minimum absolute atomic E-state index is 0.101. The van der Waals surface area contributed by atoms with E-state index in [0.29, 0.717) is 142 Å². The minimum atomic E-state index is -0.316. The number of hydrogen-bond acceptors (Lipinski definition) is 25. The molecule has 616 valence electrons. The van der Waals surface area contributed by atoms with Gasteiger partial charge in [-0.15, -0.1) is 0 Å². The Labute approximate surface area is 720 Å². The number of rotatable bonds is 13. The molecule has 0 saturated carbocycles. The molecule has 19 aromatic rings. The third kappa shape index (κ3) is 17.3. The van der Waals surface area contributed by atoms with Gasteiger partial charge in [0.2, 0.25) is 0 Å². The molecule has 1 fully saturated rings. The van der Waals surface area contributed by atoms with E-state index in [0.717, 1.165) is 84.8 Å². The van der Waals surface area contributed by atoms with Crippen molar-refractivity contribution in [2.24, 2.45) is 0 Å². The number of hydrogen-bond donors (Lipinski definition) is 9. The van der Waals surface area contributed by atoms with Crippen molar-refractivity contribution in [2.45, 2.75) is 46.1 Å². The van der Waals surface area contributed by atoms with Crippen LogP contribution in [0.3, 0.4) is 0 Å². The lowest BCUT2D eigenvalue weighted by Crippen LogP contribution is -2.37. The Morgan fingerprint density at radius 3 is 1.20 bits per heavy atom. The highest BCUT2D eigenvalue weighted by Crippen LogP contribution is 2.42. The number of anilines is 4. The van der Waals surface area contributed by atoms with Crippen LogP contribution < -0.4 is 31.6 Å². The second-order valence-electron chi connectivity index (χ2n) is 27.2. The third-order valence-corrected chi connectivity index (χ3v) is 21.3. The molecule has 21 rings (SSSR count). The summed E-state index contributed by atoms with van der Waals surface area (Å²) in [7, 11) is 0. The quantitative estimate of drug-likeness (QED) is 0.0517. The standard InChI is InChI=1S/C16H15FN4O.C15H12BrN3O3.C15H10BrN3O2.C13H11BrN4O.C13H11ClN4O.C13H11FN4O/c17-12-4-2-11(3-5-12)16-13(10-22)21-9-15(20-6-1-7-20)18-8-14(21)19-16;16-12-7-19-10(8-20)14(18-13(19)6-17-12)9-2-1-3-11-15(9)22-5-4-21-11;16-13-7-19-11(8-20)15(18-14(19)6-17-13)10-1-2-12-9(5-10)3-4-21-12;3*14-9-3-1-8(2-4-9)13-10(7-19)18-6-11(15)16-5-12(18)17-13/h2-5,8-9,22H,1,6-7,10H2;1-3,6-7,20H,4-5,8H2;1-7,20H,8H2;3*1-6,19H,7,15H2. The Morgan fingerprint density at radius 2 is 0.762 bits per heavy atom. The Kier molecular flexibility index (Phi) is 24.6. The fraction of sp³-hybridized carbons (Fsp3) is 0.129. The number of nitrogens with two attached hydrogens (primary N) is 3. The molecule has 1 saturated heterocycles. The highest BCUT2D eigenvalue weighted by molar-refractivity contribution is 9.11. The van der Waals surface area contributed by atoms with E-state index in [-0.39, 0.29) is 51.3 Å². The molecule has 0 aliphatic carbocycles. The molecule has 0 radical (unpaired) electrons. The van der Waals surface area contributed by atoms with Crippen molar-refractivity contribution < 1.29 is 53.3 Å². The van der Waals surface area contributed by atoms with E-state index in [2.05, 4.69) is 112 Å². The van der Waals surface area contributed by atoms with Crippen molar-refractivity contribution in [3.63, 3.8) is 0 Å². The zero-order valence-electron chi connectivity index (χ0n) is 64.0. The van der Waals surface area contributed by atoms with Crippen LogP contribution in [0.4, 0.5) is 32.1 Å². The van der Waals surface area contributed by atoms with Gasteiger partial charge >= 0.3 is 0 Å². The van der Waals surface area contributed by atoms with Crippen LogP contribution in [0.15, 0.2) is 238 Å². The molecular formula is C85H70Br3ClF2N22O9. The molecule has 6 aromatic carbocycles. The van der Waals surface area contributed by atoms with Gasteiger partial charge < -0.3 is 66.6 Å². The van der Waals surface area contributed by atoms with Gasteiger partial charge in [-0.2, -0.15) is 0 Å². The molecule has 31 nitrogen and oxygen atoms in total. The lowest BCUT2D eigenvalue weighted by molar-refractivity contribution is 0.172. The van der Waals surface area contributed by atoms with Crippen molar-refractivity contribution in [2.75, 3.05) is 48.4 Å². The first-order valence-corrected chi connectivity index (χ1v) is 40.2. The predicted molar refractivity (Wildman–Crippen MR) is 465 cm³/mol. The summed E-state index contributed by atoms with van der Waals surface area (Å²) in [4.78, 5) is 53.9. The number of para-hydroxylation sites is 1. The van der Waals surface area contributed by atoms with E-state index < -0.39 is 0 Å². The molecule has 0 spiro atoms. The summed E-state index contributed by atoms with van der Waals surface area (Å²) in [6, 6.07) is 40.6. The van der Waals surface area contributed by atoms with Crippen molar-refractivity contribution in [1.29, 1.82) is 0 Å². The summed E-state index contributed by atoms with van der Waals surface area (Å²) in [6.07, 6.45) is 23.0. The number of halogens is 6. The molecule has 15 heterocycles. The monoisotopic (exact) mass is 1850 g/mol. The van der Waals surface area contributed by atoms with Gasteiger partial charge in [0.05, 0.1) is 176 Å². The molecule has 13 aromatic heterocycles. The number of aliphatic hydroxyl groups is 6. The fourth-order valence-electron chi connectivity index (χ4n) is 13.8. The van der Waals surface area contributed by atoms with Gasteiger partial charge in [-0.05, 0) is 147 Å². The van der Waals surface area contributed by atoms with E-state index in [1.165, 1.54) is 36.9 Å². The second kappa shape index (κ2) is 36.4. The molecule has 0 unspecified atom stereocenters. The summed E-state index contributed by atoms with van der Waals surface area (Å²) in [5.41, 5.74) is 35.0. The number of imidazole rings is 6. The lowest BCUT2D eigenvalue weighted by atomic mass is 10.1. The summed E-state index contributed by atoms with van der Waals surface area (Å²) >= 11 is 15.9. The minimum Gasteiger partial charge on any atom is -0.486 e. The normalized spacial score (nSPS) is 12.2. The van der Waals surface area contributed by atoms with Gasteiger partial charge in [0.15, 0.2) is 45.4 Å². The number of furan rings is 1. The van der Waals surface area contributed by atoms with Gasteiger partial charge in [-0.1, -0.05) is 57.9 Å². The number of benzene rings is 6. The second-order valence-corrected chi connectivity index (χ2v) is 30.2. The molecule has 122 heavy (non-hydrogen) atoms. The van der Waals surface area contributed by atoms with Crippen molar-refractivity contribution in [1.82, 2.24) is 86.2 Å². The number of nitrogens with zero attached hydrogens (tertiary/aromatic N) is 19. The molecule has 0 amide bonds. The van der Waals surface area contributed by atoms with E-state index in [1.807, 2.05) is 98.3 Å². The molecule has 0 bridgehead atoms. The summed E-state index contributed by atoms with van der Waals surface area (Å²) in [5, 5.41) is 59.6. The highest BCUT2D eigenvalue weighted by atomic mass is 79.9. The molecule has 2 aliphatic rings. The van der Waals surface area contributed by atoms with E-state index >= 15 is 0 Å². The summed E-state index contributed by atoms with van der Waals surface area (Å²) in [5.74, 6) is 2.75. The predicted octanol–water partition coefficient (Wildman–Crippen LogP) is 14.0. The first-order valence-electron chi connectivity index (χ1n) is 37.5. The third-order valence-electron chi connectivity index (χ3n) is 19.7.